The highest BCUT2D eigenvalue weighted by Gasteiger charge is 2.23. The van der Waals surface area contributed by atoms with E-state index in [-0.39, 0.29) is 5.82 Å². The van der Waals surface area contributed by atoms with Crippen LogP contribution in [0.3, 0.4) is 0 Å². The van der Waals surface area contributed by atoms with Gasteiger partial charge in [0.2, 0.25) is 0 Å². The van der Waals surface area contributed by atoms with Gasteiger partial charge in [-0.25, -0.2) is 4.39 Å². The van der Waals surface area contributed by atoms with Crippen LogP contribution in [0.25, 0.3) is 0 Å². The van der Waals surface area contributed by atoms with Crippen molar-refractivity contribution < 1.29 is 4.39 Å². The lowest BCUT2D eigenvalue weighted by Crippen LogP contribution is -2.40. The van der Waals surface area contributed by atoms with Crippen LogP contribution in [-0.2, 0) is 6.54 Å². The van der Waals surface area contributed by atoms with Crippen LogP contribution in [0.15, 0.2) is 22.7 Å². The Bertz CT molecular complexity index is 430. The van der Waals surface area contributed by atoms with E-state index in [9.17, 15) is 4.39 Å². The van der Waals surface area contributed by atoms with Crippen LogP contribution in [-0.4, -0.2) is 23.5 Å². The van der Waals surface area contributed by atoms with Crippen LogP contribution in [0.4, 0.5) is 4.39 Å². The maximum atomic E-state index is 13.3. The Kier molecular flexibility index (Phi) is 6.00. The van der Waals surface area contributed by atoms with Crippen molar-refractivity contribution >= 4 is 15.9 Å². The normalized spacial score (nSPS) is 23.2. The zero-order valence-corrected chi connectivity index (χ0v) is 13.7. The van der Waals surface area contributed by atoms with Crippen molar-refractivity contribution in [2.24, 2.45) is 5.73 Å². The number of hydrogen-bond donors (Lipinski definition) is 1. The summed E-state index contributed by atoms with van der Waals surface area (Å²) in [6.07, 6.45) is 5.76. The van der Waals surface area contributed by atoms with E-state index in [1.807, 2.05) is 12.1 Å². The van der Waals surface area contributed by atoms with Gasteiger partial charge in [0.1, 0.15) is 5.82 Å². The second kappa shape index (κ2) is 7.53. The smallest absolute Gasteiger partial charge is 0.137 e. The first-order valence-electron chi connectivity index (χ1n) is 7.53. The Hall–Kier alpha value is -0.450. The Morgan fingerprint density at radius 3 is 2.60 bits per heavy atom. The minimum atomic E-state index is -0.195. The number of halogens is 2. The number of benzene rings is 1. The lowest BCUT2D eigenvalue weighted by molar-refractivity contribution is 0.142. The zero-order valence-electron chi connectivity index (χ0n) is 12.1. The van der Waals surface area contributed by atoms with Gasteiger partial charge in [-0.2, -0.15) is 0 Å². The first kappa shape index (κ1) is 15.9. The molecule has 0 spiro atoms. The predicted molar refractivity (Wildman–Crippen MR) is 85.0 cm³/mol. The summed E-state index contributed by atoms with van der Waals surface area (Å²) in [4.78, 5) is 2.53. The lowest BCUT2D eigenvalue weighted by Gasteiger charge is -2.36. The molecule has 2 N–H and O–H groups in total. The van der Waals surface area contributed by atoms with Gasteiger partial charge in [-0.3, -0.25) is 4.90 Å². The van der Waals surface area contributed by atoms with Crippen molar-refractivity contribution in [3.63, 3.8) is 0 Å². The van der Waals surface area contributed by atoms with Gasteiger partial charge in [0.05, 0.1) is 4.47 Å². The van der Waals surface area contributed by atoms with E-state index in [2.05, 4.69) is 27.8 Å². The van der Waals surface area contributed by atoms with E-state index < -0.39 is 0 Å². The molecule has 0 aliphatic heterocycles. The van der Waals surface area contributed by atoms with Crippen molar-refractivity contribution in [1.82, 2.24) is 4.90 Å². The molecule has 0 radical (unpaired) electrons. The van der Waals surface area contributed by atoms with Crippen LogP contribution >= 0.6 is 15.9 Å². The maximum absolute atomic E-state index is 13.3. The molecule has 2 nitrogen and oxygen atoms in total. The molecule has 1 aromatic carbocycles. The average molecular weight is 343 g/mol. The van der Waals surface area contributed by atoms with Crippen LogP contribution < -0.4 is 5.73 Å². The van der Waals surface area contributed by atoms with E-state index in [0.717, 1.165) is 32.4 Å². The lowest BCUT2D eigenvalue weighted by atomic mass is 9.90. The van der Waals surface area contributed by atoms with Crippen molar-refractivity contribution in [3.05, 3.63) is 34.1 Å². The summed E-state index contributed by atoms with van der Waals surface area (Å²) in [6, 6.07) is 6.33. The number of hydrogen-bond acceptors (Lipinski definition) is 2. The van der Waals surface area contributed by atoms with Crippen molar-refractivity contribution in [1.29, 1.82) is 0 Å². The fourth-order valence-electron chi connectivity index (χ4n) is 3.02. The zero-order chi connectivity index (χ0) is 14.5. The molecular formula is C16H24BrFN2. The largest absolute Gasteiger partial charge is 0.328 e. The summed E-state index contributed by atoms with van der Waals surface area (Å²) in [5.74, 6) is -0.195. The first-order chi connectivity index (χ1) is 9.60. The Labute approximate surface area is 129 Å². The molecule has 112 valence electrons. The third-order valence-corrected chi connectivity index (χ3v) is 4.75. The van der Waals surface area contributed by atoms with Crippen molar-refractivity contribution in [2.45, 2.75) is 57.7 Å². The SMILES string of the molecule is CCCN(Cc1ccc(F)c(Br)c1)C1CCC(N)CC1. The molecule has 0 saturated heterocycles. The van der Waals surface area contributed by atoms with Crippen LogP contribution in [0.1, 0.15) is 44.6 Å². The number of nitrogens with zero attached hydrogens (tertiary/aromatic N) is 1. The highest BCUT2D eigenvalue weighted by atomic mass is 79.9. The molecule has 2 rings (SSSR count). The molecular weight excluding hydrogens is 319 g/mol. The van der Waals surface area contributed by atoms with Crippen molar-refractivity contribution in [3.8, 4) is 0 Å². The molecule has 0 heterocycles. The summed E-state index contributed by atoms with van der Waals surface area (Å²) in [5, 5.41) is 0. The third-order valence-electron chi connectivity index (χ3n) is 4.14. The number of nitrogens with two attached hydrogens (primary N) is 1. The molecule has 4 heteroatoms. The summed E-state index contributed by atoms with van der Waals surface area (Å²) in [5.41, 5.74) is 7.16. The molecule has 1 fully saturated rings. The predicted octanol–water partition coefficient (Wildman–Crippen LogP) is 4.07. The fraction of sp³-hybridized carbons (Fsp3) is 0.625. The minimum absolute atomic E-state index is 0.195. The highest BCUT2D eigenvalue weighted by Crippen LogP contribution is 2.25. The highest BCUT2D eigenvalue weighted by molar-refractivity contribution is 9.10. The van der Waals surface area contributed by atoms with Gasteiger partial charge < -0.3 is 5.73 Å². The van der Waals surface area contributed by atoms with Gasteiger partial charge in [0, 0.05) is 18.6 Å². The Morgan fingerprint density at radius 1 is 1.30 bits per heavy atom. The van der Waals surface area contributed by atoms with Crippen LogP contribution in [0.2, 0.25) is 0 Å². The Morgan fingerprint density at radius 2 is 2.00 bits per heavy atom. The van der Waals surface area contributed by atoms with E-state index >= 15 is 0 Å². The molecule has 0 amide bonds. The molecule has 1 saturated carbocycles. The van der Waals surface area contributed by atoms with Gasteiger partial charge in [-0.15, -0.1) is 0 Å². The maximum Gasteiger partial charge on any atom is 0.137 e. The molecule has 0 aromatic heterocycles. The van der Waals surface area contributed by atoms with Gasteiger partial charge in [-0.1, -0.05) is 13.0 Å². The van der Waals surface area contributed by atoms with E-state index in [4.69, 9.17) is 5.73 Å². The third kappa shape index (κ3) is 4.27. The Balaban J connectivity index is 2.02. The molecule has 0 atom stereocenters. The number of rotatable bonds is 5. The molecule has 0 unspecified atom stereocenters. The quantitative estimate of drug-likeness (QED) is 0.873. The van der Waals surface area contributed by atoms with E-state index in [1.165, 1.54) is 18.4 Å². The van der Waals surface area contributed by atoms with Crippen molar-refractivity contribution in [2.75, 3.05) is 6.54 Å². The van der Waals surface area contributed by atoms with Gasteiger partial charge in [-0.05, 0) is 72.3 Å². The molecule has 20 heavy (non-hydrogen) atoms. The van der Waals surface area contributed by atoms with Crippen LogP contribution in [0.5, 0.6) is 0 Å². The van der Waals surface area contributed by atoms with Gasteiger partial charge in [0.25, 0.3) is 0 Å². The molecule has 0 bridgehead atoms. The monoisotopic (exact) mass is 342 g/mol. The molecule has 1 aliphatic rings. The molecule has 1 aromatic rings. The summed E-state index contributed by atoms with van der Waals surface area (Å²) >= 11 is 3.27. The van der Waals surface area contributed by atoms with Gasteiger partial charge >= 0.3 is 0 Å². The standard InChI is InChI=1S/C16H24BrFN2/c1-2-9-20(14-6-4-13(19)5-7-14)11-12-3-8-16(18)15(17)10-12/h3,8,10,13-14H,2,4-7,9,11,19H2,1H3. The van der Waals surface area contributed by atoms with Gasteiger partial charge in [0.15, 0.2) is 0 Å². The fourth-order valence-corrected chi connectivity index (χ4v) is 3.44. The van der Waals surface area contributed by atoms with E-state index in [0.29, 0.717) is 16.6 Å². The summed E-state index contributed by atoms with van der Waals surface area (Å²) < 4.78 is 13.9. The summed E-state index contributed by atoms with van der Waals surface area (Å²) in [7, 11) is 0. The minimum Gasteiger partial charge on any atom is -0.328 e. The van der Waals surface area contributed by atoms with E-state index in [1.54, 1.807) is 6.07 Å². The summed E-state index contributed by atoms with van der Waals surface area (Å²) in [6.45, 7) is 4.20. The van der Waals surface area contributed by atoms with Crippen LogP contribution in [0, 0.1) is 5.82 Å². The molecule has 1 aliphatic carbocycles. The second-order valence-electron chi connectivity index (χ2n) is 5.79. The average Bonchev–Trinajstić information content (AvgIpc) is 2.43. The second-order valence-corrected chi connectivity index (χ2v) is 6.64. The first-order valence-corrected chi connectivity index (χ1v) is 8.33. The topological polar surface area (TPSA) is 29.3 Å².